The third kappa shape index (κ3) is 12.7. The van der Waals surface area contributed by atoms with Crippen LogP contribution in [0.4, 0.5) is 0 Å². The maximum Gasteiger partial charge on any atom is 0.0542 e. The van der Waals surface area contributed by atoms with Crippen molar-refractivity contribution < 1.29 is 5.11 Å². The first-order valence-electron chi connectivity index (χ1n) is 13.7. The van der Waals surface area contributed by atoms with Crippen molar-refractivity contribution in [3.05, 3.63) is 0 Å². The highest BCUT2D eigenvalue weighted by Gasteiger charge is 2.22. The van der Waals surface area contributed by atoms with E-state index in [-0.39, 0.29) is 6.10 Å². The van der Waals surface area contributed by atoms with E-state index in [1.807, 2.05) is 0 Å². The highest BCUT2D eigenvalue weighted by atomic mass is 127. The first kappa shape index (κ1) is 28.7. The van der Waals surface area contributed by atoms with Gasteiger partial charge in [-0.15, -0.1) is 0 Å². The van der Waals surface area contributed by atoms with Crippen LogP contribution < -0.4 is 0 Å². The van der Waals surface area contributed by atoms with Gasteiger partial charge in [0.25, 0.3) is 0 Å². The van der Waals surface area contributed by atoms with Crippen LogP contribution >= 0.6 is 22.6 Å². The van der Waals surface area contributed by atoms with Crippen LogP contribution in [-0.4, -0.2) is 15.1 Å². The predicted octanol–water partition coefficient (Wildman–Crippen LogP) is 9.59. The molecule has 4 unspecified atom stereocenters. The fraction of sp³-hybridized carbons (Fsp3) is 1.00. The average Bonchev–Trinajstić information content (AvgIpc) is 2.73. The largest absolute Gasteiger partial charge is 0.393 e. The fourth-order valence-electron chi connectivity index (χ4n) is 5.75. The van der Waals surface area contributed by atoms with E-state index in [0.717, 1.165) is 46.4 Å². The first-order valence-corrected chi connectivity index (χ1v) is 15.0. The molecule has 1 fully saturated rings. The number of unbranched alkanes of at least 4 members (excludes halogenated alkanes) is 1. The lowest BCUT2D eigenvalue weighted by molar-refractivity contribution is 0.119. The number of hydrogen-bond donors (Lipinski definition) is 1. The van der Waals surface area contributed by atoms with Crippen LogP contribution in [0.5, 0.6) is 0 Å². The topological polar surface area (TPSA) is 20.2 Å². The Bertz CT molecular complexity index is 388. The monoisotopic (exact) mass is 534 g/mol. The Balaban J connectivity index is 2.24. The van der Waals surface area contributed by atoms with Crippen molar-refractivity contribution in [3.8, 4) is 0 Å². The molecule has 1 rings (SSSR count). The molecule has 0 aromatic heterocycles. The number of halogens is 1. The van der Waals surface area contributed by atoms with Crippen LogP contribution in [0.2, 0.25) is 0 Å². The van der Waals surface area contributed by atoms with Gasteiger partial charge >= 0.3 is 0 Å². The first-order chi connectivity index (χ1) is 14.4. The second-order valence-electron chi connectivity index (χ2n) is 10.9. The van der Waals surface area contributed by atoms with Gasteiger partial charge in [0.05, 0.1) is 6.10 Å². The zero-order chi connectivity index (χ0) is 22.4. The van der Waals surface area contributed by atoms with Gasteiger partial charge in [0.2, 0.25) is 0 Å². The van der Waals surface area contributed by atoms with Crippen LogP contribution in [0.15, 0.2) is 0 Å². The highest BCUT2D eigenvalue weighted by Crippen LogP contribution is 2.35. The zero-order valence-corrected chi connectivity index (χ0v) is 23.3. The molecule has 1 saturated carbocycles. The number of alkyl halides is 1. The Labute approximate surface area is 204 Å². The lowest BCUT2D eigenvalue weighted by Gasteiger charge is -2.29. The molecule has 1 nitrogen and oxygen atoms in total. The average molecular weight is 535 g/mol. The van der Waals surface area contributed by atoms with E-state index in [4.69, 9.17) is 0 Å². The maximum atomic E-state index is 10.6. The van der Waals surface area contributed by atoms with E-state index in [1.165, 1.54) is 89.9 Å². The molecule has 0 heterocycles. The predicted molar refractivity (Wildman–Crippen MR) is 144 cm³/mol. The second kappa shape index (κ2) is 17.2. The normalized spacial score (nSPS) is 24.9. The Morgan fingerprint density at radius 1 is 0.833 bits per heavy atom. The molecule has 0 aromatic carbocycles. The number of aliphatic hydroxyl groups is 1. The van der Waals surface area contributed by atoms with Crippen molar-refractivity contribution >= 4 is 22.6 Å². The molecule has 1 aliphatic rings. The van der Waals surface area contributed by atoms with Crippen LogP contribution in [0.3, 0.4) is 0 Å². The molecule has 1 N–H and O–H groups in total. The Morgan fingerprint density at radius 3 is 2.03 bits per heavy atom. The van der Waals surface area contributed by atoms with Crippen molar-refractivity contribution in [3.63, 3.8) is 0 Å². The molecule has 5 atom stereocenters. The third-order valence-electron chi connectivity index (χ3n) is 8.24. The van der Waals surface area contributed by atoms with Gasteiger partial charge in [-0.25, -0.2) is 0 Å². The molecule has 30 heavy (non-hydrogen) atoms. The van der Waals surface area contributed by atoms with Gasteiger partial charge < -0.3 is 5.11 Å². The van der Waals surface area contributed by atoms with E-state index in [1.54, 1.807) is 0 Å². The molecular formula is C28H55IO. The standard InChI is InChI=1S/C28H55IO/c1-6-11-26(20-22(4)7-2)21-28(30)13-10-9-12-27(23(5)29)19-18-25-16-14-24(8-3)15-17-25/h22-28,30H,6-21H2,1-5H3/t22?,23-,24-,25+,26?,27?,28?/m1/s1. The minimum absolute atomic E-state index is 0.0742. The summed E-state index contributed by atoms with van der Waals surface area (Å²) >= 11 is 2.66. The van der Waals surface area contributed by atoms with Crippen molar-refractivity contribution in [2.75, 3.05) is 0 Å². The van der Waals surface area contributed by atoms with Crippen molar-refractivity contribution in [1.82, 2.24) is 0 Å². The highest BCUT2D eigenvalue weighted by molar-refractivity contribution is 14.1. The van der Waals surface area contributed by atoms with Gasteiger partial charge in [-0.3, -0.25) is 0 Å². The lowest BCUT2D eigenvalue weighted by atomic mass is 9.77. The van der Waals surface area contributed by atoms with Crippen LogP contribution in [0.25, 0.3) is 0 Å². The summed E-state index contributed by atoms with van der Waals surface area (Å²) in [6.07, 6.45) is 21.2. The molecule has 0 spiro atoms. The maximum absolute atomic E-state index is 10.6. The summed E-state index contributed by atoms with van der Waals surface area (Å²) in [5.74, 6) is 4.44. The van der Waals surface area contributed by atoms with Crippen molar-refractivity contribution in [2.45, 2.75) is 147 Å². The summed E-state index contributed by atoms with van der Waals surface area (Å²) in [7, 11) is 0. The van der Waals surface area contributed by atoms with Crippen LogP contribution in [0, 0.1) is 29.6 Å². The SMILES string of the molecule is CCCC(CC(C)CC)CC(O)CCCCC(CC[C@H]1CC[C@@H](CC)CC1)[C@@H](C)I. The van der Waals surface area contributed by atoms with Crippen LogP contribution in [0.1, 0.15) is 137 Å². The molecule has 0 saturated heterocycles. The van der Waals surface area contributed by atoms with E-state index in [0.29, 0.717) is 0 Å². The Hall–Kier alpha value is 0.690. The molecule has 0 aliphatic heterocycles. The summed E-state index contributed by atoms with van der Waals surface area (Å²) < 4.78 is 0.781. The smallest absolute Gasteiger partial charge is 0.0542 e. The van der Waals surface area contributed by atoms with Gasteiger partial charge in [-0.2, -0.15) is 0 Å². The molecule has 2 heteroatoms. The number of aliphatic hydroxyl groups excluding tert-OH is 1. The van der Waals surface area contributed by atoms with Gasteiger partial charge in [-0.1, -0.05) is 128 Å². The summed E-state index contributed by atoms with van der Waals surface area (Å²) in [6.45, 7) is 11.7. The third-order valence-corrected chi connectivity index (χ3v) is 9.25. The lowest BCUT2D eigenvalue weighted by Crippen LogP contribution is -2.18. The fourth-order valence-corrected chi connectivity index (χ4v) is 6.47. The van der Waals surface area contributed by atoms with Gasteiger partial charge in [0.15, 0.2) is 0 Å². The summed E-state index contributed by atoms with van der Waals surface area (Å²) in [5.41, 5.74) is 0. The van der Waals surface area contributed by atoms with E-state index in [2.05, 4.69) is 57.2 Å². The van der Waals surface area contributed by atoms with Gasteiger partial charge in [-0.05, 0) is 61.7 Å². The Morgan fingerprint density at radius 2 is 1.47 bits per heavy atom. The molecule has 0 bridgehead atoms. The molecular weight excluding hydrogens is 479 g/mol. The number of hydrogen-bond acceptors (Lipinski definition) is 1. The molecule has 0 radical (unpaired) electrons. The van der Waals surface area contributed by atoms with Crippen LogP contribution in [-0.2, 0) is 0 Å². The minimum atomic E-state index is -0.0742. The molecule has 0 aromatic rings. The van der Waals surface area contributed by atoms with E-state index >= 15 is 0 Å². The quantitative estimate of drug-likeness (QED) is 0.112. The molecule has 180 valence electrons. The van der Waals surface area contributed by atoms with Crippen molar-refractivity contribution in [1.29, 1.82) is 0 Å². The molecule has 1 aliphatic carbocycles. The van der Waals surface area contributed by atoms with Gasteiger partial charge in [0, 0.05) is 3.92 Å². The van der Waals surface area contributed by atoms with Crippen molar-refractivity contribution in [2.24, 2.45) is 29.6 Å². The summed E-state index contributed by atoms with van der Waals surface area (Å²) in [4.78, 5) is 0. The molecule has 0 amide bonds. The summed E-state index contributed by atoms with van der Waals surface area (Å²) in [6, 6.07) is 0. The minimum Gasteiger partial charge on any atom is -0.393 e. The Kier molecular flexibility index (Phi) is 16.5. The van der Waals surface area contributed by atoms with Gasteiger partial charge in [0.1, 0.15) is 0 Å². The zero-order valence-electron chi connectivity index (χ0n) is 21.2. The van der Waals surface area contributed by atoms with E-state index in [9.17, 15) is 5.11 Å². The van der Waals surface area contributed by atoms with E-state index < -0.39 is 0 Å². The number of rotatable bonds is 17. The second-order valence-corrected chi connectivity index (χ2v) is 12.9. The summed E-state index contributed by atoms with van der Waals surface area (Å²) in [5, 5.41) is 10.6.